The predicted molar refractivity (Wildman–Crippen MR) is 85.1 cm³/mol. The molecule has 0 atom stereocenters. The molecule has 0 aromatic heterocycles. The average Bonchev–Trinajstić information content (AvgIpc) is 2.53. The first kappa shape index (κ1) is 17.4. The van der Waals surface area contributed by atoms with E-state index in [1.807, 2.05) is 30.3 Å². The summed E-state index contributed by atoms with van der Waals surface area (Å²) in [5.41, 5.74) is 0.306. The Morgan fingerprint density at radius 2 is 1.78 bits per heavy atom. The third-order valence-electron chi connectivity index (χ3n) is 3.21. The Hall–Kier alpha value is -1.95. The highest BCUT2D eigenvalue weighted by atomic mass is 32.2. The minimum atomic E-state index is -4.37. The number of hydrogen-bond acceptors (Lipinski definition) is 2. The van der Waals surface area contributed by atoms with Crippen molar-refractivity contribution in [3.63, 3.8) is 0 Å². The predicted octanol–water partition coefficient (Wildman–Crippen LogP) is 4.46. The van der Waals surface area contributed by atoms with Crippen LogP contribution in [-0.2, 0) is 17.5 Å². The van der Waals surface area contributed by atoms with Gasteiger partial charge in [0.15, 0.2) is 0 Å². The zero-order valence-corrected chi connectivity index (χ0v) is 13.3. The number of hydrogen-bond donors (Lipinski definition) is 0. The van der Waals surface area contributed by atoms with Gasteiger partial charge in [0.25, 0.3) is 0 Å². The first-order valence-electron chi connectivity index (χ1n) is 6.94. The molecule has 0 radical (unpaired) electrons. The summed E-state index contributed by atoms with van der Waals surface area (Å²) < 4.78 is 38.0. The molecular weight excluding hydrogens is 323 g/mol. The van der Waals surface area contributed by atoms with Crippen LogP contribution >= 0.6 is 11.8 Å². The van der Waals surface area contributed by atoms with Crippen LogP contribution in [-0.4, -0.2) is 23.6 Å². The molecule has 23 heavy (non-hydrogen) atoms. The largest absolute Gasteiger partial charge is 0.416 e. The Bertz CT molecular complexity index is 658. The minimum absolute atomic E-state index is 0.102. The van der Waals surface area contributed by atoms with Crippen LogP contribution in [0.15, 0.2) is 59.5 Å². The van der Waals surface area contributed by atoms with Crippen LogP contribution in [0.4, 0.5) is 13.2 Å². The van der Waals surface area contributed by atoms with Gasteiger partial charge in [-0.3, -0.25) is 4.79 Å². The van der Waals surface area contributed by atoms with Crippen LogP contribution in [0.1, 0.15) is 11.1 Å². The summed E-state index contributed by atoms with van der Waals surface area (Å²) >= 11 is 1.11. The van der Waals surface area contributed by atoms with E-state index in [4.69, 9.17) is 0 Å². The van der Waals surface area contributed by atoms with E-state index in [9.17, 15) is 18.0 Å². The van der Waals surface area contributed by atoms with Gasteiger partial charge in [-0.25, -0.2) is 0 Å². The molecule has 0 aliphatic carbocycles. The summed E-state index contributed by atoms with van der Waals surface area (Å²) in [6.45, 7) is 0.475. The fraction of sp³-hybridized carbons (Fsp3) is 0.235. The number of carbonyl (C=O) groups is 1. The van der Waals surface area contributed by atoms with Crippen molar-refractivity contribution in [2.45, 2.75) is 17.6 Å². The summed E-state index contributed by atoms with van der Waals surface area (Å²) in [5.74, 6) is -0.0266. The number of thioether (sulfide) groups is 1. The smallest absolute Gasteiger partial charge is 0.341 e. The molecule has 0 aliphatic heterocycles. The summed E-state index contributed by atoms with van der Waals surface area (Å²) in [7, 11) is 1.68. The average molecular weight is 339 g/mol. The molecule has 0 saturated carbocycles. The maximum atomic E-state index is 12.7. The van der Waals surface area contributed by atoms with Crippen molar-refractivity contribution in [1.82, 2.24) is 4.90 Å². The van der Waals surface area contributed by atoms with Crippen molar-refractivity contribution in [3.05, 3.63) is 65.7 Å². The molecule has 0 heterocycles. The van der Waals surface area contributed by atoms with Gasteiger partial charge in [-0.15, -0.1) is 11.8 Å². The van der Waals surface area contributed by atoms with Gasteiger partial charge in [-0.05, 0) is 23.8 Å². The topological polar surface area (TPSA) is 20.3 Å². The summed E-state index contributed by atoms with van der Waals surface area (Å²) in [4.78, 5) is 14.1. The molecule has 0 N–H and O–H groups in total. The Balaban J connectivity index is 1.91. The van der Waals surface area contributed by atoms with Gasteiger partial charge in [0.05, 0.1) is 11.3 Å². The molecule has 0 saturated heterocycles. The van der Waals surface area contributed by atoms with Crippen molar-refractivity contribution >= 4 is 17.7 Å². The van der Waals surface area contributed by atoms with Crippen LogP contribution in [0.5, 0.6) is 0 Å². The molecule has 1 amide bonds. The zero-order chi connectivity index (χ0) is 16.9. The second-order valence-corrected chi connectivity index (χ2v) is 6.10. The number of halogens is 3. The van der Waals surface area contributed by atoms with Crippen molar-refractivity contribution < 1.29 is 18.0 Å². The molecule has 0 fully saturated rings. The number of carbonyl (C=O) groups excluding carboxylic acids is 1. The van der Waals surface area contributed by atoms with E-state index in [1.54, 1.807) is 18.0 Å². The van der Waals surface area contributed by atoms with Crippen molar-refractivity contribution in [1.29, 1.82) is 0 Å². The number of nitrogens with zero attached hydrogens (tertiary/aromatic N) is 1. The van der Waals surface area contributed by atoms with Crippen molar-refractivity contribution in [2.75, 3.05) is 12.8 Å². The van der Waals surface area contributed by atoms with E-state index in [0.29, 0.717) is 11.4 Å². The minimum Gasteiger partial charge on any atom is -0.341 e. The van der Waals surface area contributed by atoms with Gasteiger partial charge in [0.1, 0.15) is 0 Å². The third-order valence-corrected chi connectivity index (χ3v) is 4.19. The number of rotatable bonds is 5. The number of benzene rings is 2. The summed E-state index contributed by atoms with van der Waals surface area (Å²) in [5, 5.41) is 0. The van der Waals surface area contributed by atoms with Crippen molar-refractivity contribution in [2.24, 2.45) is 0 Å². The number of amides is 1. The van der Waals surface area contributed by atoms with E-state index in [1.165, 1.54) is 6.07 Å². The van der Waals surface area contributed by atoms with E-state index in [-0.39, 0.29) is 11.7 Å². The lowest BCUT2D eigenvalue weighted by atomic mass is 10.2. The lowest BCUT2D eigenvalue weighted by Gasteiger charge is -2.17. The standard InChI is InChI=1S/C17H16F3NOS/c1-21(11-13-6-3-2-4-7-13)16(22)12-23-15-9-5-8-14(10-15)17(18,19)20/h2-10H,11-12H2,1H3. The fourth-order valence-electron chi connectivity index (χ4n) is 1.96. The van der Waals surface area contributed by atoms with Crippen LogP contribution in [0.25, 0.3) is 0 Å². The number of alkyl halides is 3. The molecule has 122 valence electrons. The highest BCUT2D eigenvalue weighted by molar-refractivity contribution is 8.00. The first-order valence-corrected chi connectivity index (χ1v) is 7.93. The quantitative estimate of drug-likeness (QED) is 0.750. The summed E-state index contributed by atoms with van der Waals surface area (Å²) in [6, 6.07) is 14.5. The maximum Gasteiger partial charge on any atom is 0.416 e. The fourth-order valence-corrected chi connectivity index (χ4v) is 2.86. The van der Waals surface area contributed by atoms with Crippen LogP contribution < -0.4 is 0 Å². The van der Waals surface area contributed by atoms with Gasteiger partial charge < -0.3 is 4.90 Å². The zero-order valence-electron chi connectivity index (χ0n) is 12.5. The monoisotopic (exact) mass is 339 g/mol. The van der Waals surface area contributed by atoms with Crippen LogP contribution in [0.2, 0.25) is 0 Å². The van der Waals surface area contributed by atoms with E-state index < -0.39 is 11.7 Å². The second-order valence-electron chi connectivity index (χ2n) is 5.05. The SMILES string of the molecule is CN(Cc1ccccc1)C(=O)CSc1cccc(C(F)(F)F)c1. The second kappa shape index (κ2) is 7.55. The molecule has 2 nitrogen and oxygen atoms in total. The van der Waals surface area contributed by atoms with E-state index in [2.05, 4.69) is 0 Å². The van der Waals surface area contributed by atoms with E-state index in [0.717, 1.165) is 29.5 Å². The molecule has 2 rings (SSSR count). The van der Waals surface area contributed by atoms with Crippen molar-refractivity contribution in [3.8, 4) is 0 Å². The molecule has 2 aromatic rings. The molecule has 0 bridgehead atoms. The normalized spacial score (nSPS) is 11.3. The van der Waals surface area contributed by atoms with E-state index >= 15 is 0 Å². The van der Waals surface area contributed by atoms with Gasteiger partial charge in [0.2, 0.25) is 5.91 Å². The van der Waals surface area contributed by atoms with Gasteiger partial charge >= 0.3 is 6.18 Å². The highest BCUT2D eigenvalue weighted by Crippen LogP contribution is 2.31. The molecular formula is C17H16F3NOS. The first-order chi connectivity index (χ1) is 10.9. The third kappa shape index (κ3) is 5.32. The molecule has 0 spiro atoms. The van der Waals surface area contributed by atoms with Crippen LogP contribution in [0, 0.1) is 0 Å². The van der Waals surface area contributed by atoms with Crippen LogP contribution in [0.3, 0.4) is 0 Å². The Kier molecular flexibility index (Phi) is 5.71. The molecule has 6 heteroatoms. The molecule has 0 unspecified atom stereocenters. The Labute approximate surface area is 137 Å². The highest BCUT2D eigenvalue weighted by Gasteiger charge is 2.30. The molecule has 0 aliphatic rings. The van der Waals surface area contributed by atoms with Gasteiger partial charge in [-0.2, -0.15) is 13.2 Å². The Morgan fingerprint density at radius 3 is 2.43 bits per heavy atom. The lowest BCUT2D eigenvalue weighted by molar-refractivity contribution is -0.137. The lowest BCUT2D eigenvalue weighted by Crippen LogP contribution is -2.27. The Morgan fingerprint density at radius 1 is 1.09 bits per heavy atom. The summed E-state index contributed by atoms with van der Waals surface area (Å²) in [6.07, 6.45) is -4.37. The maximum absolute atomic E-state index is 12.7. The molecule has 2 aromatic carbocycles. The van der Waals surface area contributed by atoms with Gasteiger partial charge in [-0.1, -0.05) is 36.4 Å². The van der Waals surface area contributed by atoms with Gasteiger partial charge in [0, 0.05) is 18.5 Å².